The standard InChI is InChI=1S/C58H96O6/c1-4-7-10-13-16-19-22-25-27-28-29-30-31-34-36-39-42-45-48-51-57(60)63-54-55(53-62-56(59)50-47-44-41-38-35-32-24-21-18-15-12-9-6-3)64-58(61)52-49-46-43-40-37-33-26-23-20-17-14-11-8-5-2/h7-12,15-21,24-25,27,55H,4-6,13-14,22-23,26,28-54H2,1-3H3/b10-7-,11-8-,12-9-,18-15-,19-16-,20-17-,24-21-,27-25-. The predicted octanol–water partition coefficient (Wildman–Crippen LogP) is 17.4. The Balaban J connectivity index is 4.40. The van der Waals surface area contributed by atoms with Crippen molar-refractivity contribution in [1.82, 2.24) is 0 Å². The Kier molecular flexibility index (Phi) is 49.0. The zero-order valence-electron chi connectivity index (χ0n) is 41.5. The third kappa shape index (κ3) is 49.3. The molecule has 0 saturated carbocycles. The van der Waals surface area contributed by atoms with Crippen molar-refractivity contribution in [1.29, 1.82) is 0 Å². The molecule has 0 heterocycles. The van der Waals surface area contributed by atoms with Crippen molar-refractivity contribution in [2.75, 3.05) is 13.2 Å². The molecule has 0 fully saturated rings. The van der Waals surface area contributed by atoms with Gasteiger partial charge in [-0.1, -0.05) is 214 Å². The van der Waals surface area contributed by atoms with Crippen LogP contribution in [0, 0.1) is 0 Å². The van der Waals surface area contributed by atoms with Crippen molar-refractivity contribution in [3.8, 4) is 0 Å². The third-order valence-corrected chi connectivity index (χ3v) is 10.9. The monoisotopic (exact) mass is 889 g/mol. The first-order valence-corrected chi connectivity index (χ1v) is 26.3. The molecule has 0 aliphatic carbocycles. The molecule has 0 aliphatic heterocycles. The first kappa shape index (κ1) is 60.3. The van der Waals surface area contributed by atoms with Crippen LogP contribution in [0.15, 0.2) is 97.2 Å². The second kappa shape index (κ2) is 52.0. The number of rotatable bonds is 46. The maximum Gasteiger partial charge on any atom is 0.306 e. The van der Waals surface area contributed by atoms with E-state index < -0.39 is 6.10 Å². The summed E-state index contributed by atoms with van der Waals surface area (Å²) in [6.45, 7) is 6.26. The molecule has 0 bridgehead atoms. The molecule has 364 valence electrons. The fourth-order valence-corrected chi connectivity index (χ4v) is 7.02. The van der Waals surface area contributed by atoms with E-state index in [4.69, 9.17) is 14.2 Å². The number of esters is 3. The van der Waals surface area contributed by atoms with E-state index in [1.807, 2.05) is 0 Å². The molecule has 1 unspecified atom stereocenters. The average Bonchev–Trinajstić information content (AvgIpc) is 3.29. The second-order valence-electron chi connectivity index (χ2n) is 17.0. The summed E-state index contributed by atoms with van der Waals surface area (Å²) < 4.78 is 16.8. The van der Waals surface area contributed by atoms with E-state index in [-0.39, 0.29) is 31.1 Å². The summed E-state index contributed by atoms with van der Waals surface area (Å²) in [6, 6.07) is 0. The number of unbranched alkanes of at least 4 members (excludes halogenated alkanes) is 21. The van der Waals surface area contributed by atoms with Crippen molar-refractivity contribution in [3.05, 3.63) is 97.2 Å². The quantitative estimate of drug-likeness (QED) is 0.0199. The Morgan fingerprint density at radius 2 is 0.641 bits per heavy atom. The number of carbonyl (C=O) groups excluding carboxylic acids is 3. The van der Waals surface area contributed by atoms with E-state index >= 15 is 0 Å². The summed E-state index contributed by atoms with van der Waals surface area (Å²) in [4.78, 5) is 38.0. The number of hydrogen-bond acceptors (Lipinski definition) is 6. The molecular weight excluding hydrogens is 793 g/mol. The molecular formula is C58H96O6. The van der Waals surface area contributed by atoms with Gasteiger partial charge < -0.3 is 14.2 Å². The van der Waals surface area contributed by atoms with Gasteiger partial charge in [-0.05, 0) is 96.3 Å². The van der Waals surface area contributed by atoms with Gasteiger partial charge in [-0.2, -0.15) is 0 Å². The number of ether oxygens (including phenoxy) is 3. The van der Waals surface area contributed by atoms with Gasteiger partial charge in [-0.25, -0.2) is 0 Å². The summed E-state index contributed by atoms with van der Waals surface area (Å²) in [6.07, 6.45) is 68.2. The van der Waals surface area contributed by atoms with Crippen LogP contribution in [0.4, 0.5) is 0 Å². The van der Waals surface area contributed by atoms with E-state index in [1.54, 1.807) is 0 Å². The summed E-state index contributed by atoms with van der Waals surface area (Å²) >= 11 is 0. The number of hydrogen-bond donors (Lipinski definition) is 0. The topological polar surface area (TPSA) is 78.9 Å². The van der Waals surface area contributed by atoms with Crippen molar-refractivity contribution >= 4 is 17.9 Å². The van der Waals surface area contributed by atoms with Crippen molar-refractivity contribution in [2.24, 2.45) is 0 Å². The normalized spacial score (nSPS) is 12.9. The van der Waals surface area contributed by atoms with E-state index in [0.717, 1.165) is 122 Å². The molecule has 6 nitrogen and oxygen atoms in total. The smallest absolute Gasteiger partial charge is 0.306 e. The molecule has 0 aromatic carbocycles. The largest absolute Gasteiger partial charge is 0.462 e. The van der Waals surface area contributed by atoms with Gasteiger partial charge in [0.2, 0.25) is 0 Å². The van der Waals surface area contributed by atoms with Crippen LogP contribution >= 0.6 is 0 Å². The number of allylic oxidation sites excluding steroid dienone is 16. The molecule has 1 atom stereocenters. The van der Waals surface area contributed by atoms with E-state index in [1.165, 1.54) is 70.6 Å². The molecule has 0 aromatic rings. The predicted molar refractivity (Wildman–Crippen MR) is 274 cm³/mol. The van der Waals surface area contributed by atoms with Crippen LogP contribution in [0.25, 0.3) is 0 Å². The van der Waals surface area contributed by atoms with Gasteiger partial charge >= 0.3 is 17.9 Å². The Morgan fingerprint density at radius 1 is 0.328 bits per heavy atom. The molecule has 0 aromatic heterocycles. The second-order valence-corrected chi connectivity index (χ2v) is 17.0. The third-order valence-electron chi connectivity index (χ3n) is 10.9. The number of carbonyl (C=O) groups is 3. The van der Waals surface area contributed by atoms with Crippen molar-refractivity contribution in [2.45, 2.75) is 239 Å². The van der Waals surface area contributed by atoms with Gasteiger partial charge in [-0.3, -0.25) is 14.4 Å². The van der Waals surface area contributed by atoms with E-state index in [2.05, 4.69) is 118 Å². The van der Waals surface area contributed by atoms with Gasteiger partial charge in [0, 0.05) is 19.3 Å². The fraction of sp³-hybridized carbons (Fsp3) is 0.672. The molecule has 0 spiro atoms. The van der Waals surface area contributed by atoms with E-state index in [9.17, 15) is 14.4 Å². The lowest BCUT2D eigenvalue weighted by atomic mass is 10.1. The summed E-state index contributed by atoms with van der Waals surface area (Å²) in [5.74, 6) is -0.928. The van der Waals surface area contributed by atoms with Crippen LogP contribution in [-0.4, -0.2) is 37.2 Å². The van der Waals surface area contributed by atoms with Crippen LogP contribution in [-0.2, 0) is 28.6 Å². The first-order chi connectivity index (χ1) is 31.5. The van der Waals surface area contributed by atoms with Crippen LogP contribution < -0.4 is 0 Å². The minimum atomic E-state index is -0.793. The first-order valence-electron chi connectivity index (χ1n) is 26.3. The highest BCUT2D eigenvalue weighted by molar-refractivity contribution is 5.71. The molecule has 0 N–H and O–H groups in total. The van der Waals surface area contributed by atoms with Gasteiger partial charge in [0.1, 0.15) is 13.2 Å². The Labute approximate surface area is 394 Å². The van der Waals surface area contributed by atoms with Crippen LogP contribution in [0.2, 0.25) is 0 Å². The zero-order valence-corrected chi connectivity index (χ0v) is 41.5. The Bertz CT molecular complexity index is 1300. The Hall–Kier alpha value is -3.67. The van der Waals surface area contributed by atoms with Gasteiger partial charge in [0.25, 0.3) is 0 Å². The molecule has 64 heavy (non-hydrogen) atoms. The molecule has 0 saturated heterocycles. The van der Waals surface area contributed by atoms with Gasteiger partial charge in [0.15, 0.2) is 6.10 Å². The lowest BCUT2D eigenvalue weighted by Gasteiger charge is -2.18. The fourth-order valence-electron chi connectivity index (χ4n) is 7.02. The maximum atomic E-state index is 12.8. The molecule has 0 radical (unpaired) electrons. The maximum absolute atomic E-state index is 12.8. The highest BCUT2D eigenvalue weighted by Gasteiger charge is 2.19. The lowest BCUT2D eigenvalue weighted by Crippen LogP contribution is -2.30. The van der Waals surface area contributed by atoms with Crippen LogP contribution in [0.3, 0.4) is 0 Å². The summed E-state index contributed by atoms with van der Waals surface area (Å²) in [5.41, 5.74) is 0. The van der Waals surface area contributed by atoms with E-state index in [0.29, 0.717) is 19.3 Å². The Morgan fingerprint density at radius 3 is 1.05 bits per heavy atom. The van der Waals surface area contributed by atoms with Crippen LogP contribution in [0.1, 0.15) is 233 Å². The van der Waals surface area contributed by atoms with Crippen molar-refractivity contribution < 1.29 is 28.6 Å². The summed E-state index contributed by atoms with van der Waals surface area (Å²) in [5, 5.41) is 0. The minimum absolute atomic E-state index is 0.0913. The minimum Gasteiger partial charge on any atom is -0.462 e. The summed E-state index contributed by atoms with van der Waals surface area (Å²) in [7, 11) is 0. The average molecular weight is 889 g/mol. The highest BCUT2D eigenvalue weighted by atomic mass is 16.6. The van der Waals surface area contributed by atoms with Crippen LogP contribution in [0.5, 0.6) is 0 Å². The SMILES string of the molecule is CC\C=C/C=C\C=C/CCCCCCCC(=O)OCC(COC(=O)CCCCCCCCCCC/C=C\C/C=C\C/C=C\CC)OC(=O)CCCCCCCCC/C=C\C/C=C\CC. The molecule has 6 heteroatoms. The molecule has 0 amide bonds. The molecule has 0 rings (SSSR count). The van der Waals surface area contributed by atoms with Crippen molar-refractivity contribution in [3.63, 3.8) is 0 Å². The zero-order chi connectivity index (χ0) is 46.5. The lowest BCUT2D eigenvalue weighted by molar-refractivity contribution is -0.167. The van der Waals surface area contributed by atoms with Gasteiger partial charge in [-0.15, -0.1) is 0 Å². The van der Waals surface area contributed by atoms with Gasteiger partial charge in [0.05, 0.1) is 0 Å². The molecule has 0 aliphatic rings. The highest BCUT2D eigenvalue weighted by Crippen LogP contribution is 2.14.